The van der Waals surface area contributed by atoms with Gasteiger partial charge >= 0.3 is 0 Å². The number of carbonyl (C=O) groups excluding carboxylic acids is 1. The number of aryl methyl sites for hydroxylation is 2. The first-order valence-corrected chi connectivity index (χ1v) is 8.42. The Morgan fingerprint density at radius 2 is 1.91 bits per heavy atom. The van der Waals surface area contributed by atoms with E-state index < -0.39 is 0 Å². The van der Waals surface area contributed by atoms with Crippen LogP contribution < -0.4 is 9.64 Å². The number of nitrogens with zero attached hydrogens (tertiary/aromatic N) is 3. The van der Waals surface area contributed by atoms with Gasteiger partial charge in [0.2, 0.25) is 0 Å². The fraction of sp³-hybridized carbons (Fsp3) is 0.333. The number of ether oxygens (including phenoxy) is 1. The Bertz CT molecular complexity index is 747. The Morgan fingerprint density at radius 3 is 2.55 bits per heavy atom. The molecule has 116 valence electrons. The molecule has 0 aliphatic carbocycles. The Morgan fingerprint density at radius 1 is 1.27 bits per heavy atom. The molecule has 5 nitrogen and oxygen atoms in total. The highest BCUT2D eigenvalue weighted by atomic mass is 79.9. The normalized spacial score (nSPS) is 13.8. The van der Waals surface area contributed by atoms with Crippen LogP contribution in [0.25, 0.3) is 0 Å². The number of carbonyl (C=O) groups is 1. The van der Waals surface area contributed by atoms with Crippen molar-refractivity contribution in [3.63, 3.8) is 0 Å². The maximum absolute atomic E-state index is 12.9. The van der Waals surface area contributed by atoms with Gasteiger partial charge in [0.05, 0.1) is 6.54 Å². The quantitative estimate of drug-likeness (QED) is 0.697. The predicted octanol–water partition coefficient (Wildman–Crippen LogP) is 3.60. The molecular weight excluding hydrogens is 414 g/mol. The molecule has 2 heterocycles. The largest absolute Gasteiger partial charge is 0.486 e. The van der Waals surface area contributed by atoms with Crippen LogP contribution in [0.5, 0.6) is 5.75 Å². The van der Waals surface area contributed by atoms with E-state index in [1.54, 1.807) is 9.58 Å². The lowest BCUT2D eigenvalue weighted by atomic mass is 10.1. The third kappa shape index (κ3) is 2.46. The van der Waals surface area contributed by atoms with Crippen LogP contribution in [-0.2, 0) is 7.05 Å². The summed E-state index contributed by atoms with van der Waals surface area (Å²) in [4.78, 5) is 14.7. The van der Waals surface area contributed by atoms with Crippen LogP contribution in [0.1, 0.15) is 21.6 Å². The lowest BCUT2D eigenvalue weighted by Crippen LogP contribution is -2.39. The fourth-order valence-corrected chi connectivity index (χ4v) is 3.75. The molecule has 1 aromatic heterocycles. The highest BCUT2D eigenvalue weighted by Crippen LogP contribution is 2.35. The number of halogens is 2. The topological polar surface area (TPSA) is 47.4 Å². The zero-order valence-corrected chi connectivity index (χ0v) is 15.7. The van der Waals surface area contributed by atoms with Gasteiger partial charge in [0.25, 0.3) is 5.91 Å². The maximum atomic E-state index is 12.9. The van der Waals surface area contributed by atoms with Gasteiger partial charge in [0.15, 0.2) is 11.6 Å². The van der Waals surface area contributed by atoms with Crippen LogP contribution >= 0.6 is 31.9 Å². The van der Waals surface area contributed by atoms with Gasteiger partial charge in [-0.05, 0) is 31.5 Å². The van der Waals surface area contributed by atoms with Crippen molar-refractivity contribution in [3.05, 3.63) is 37.9 Å². The number of anilines is 1. The van der Waals surface area contributed by atoms with E-state index in [4.69, 9.17) is 4.74 Å². The first-order chi connectivity index (χ1) is 10.4. The molecule has 0 radical (unpaired) electrons. The van der Waals surface area contributed by atoms with E-state index in [9.17, 15) is 4.79 Å². The molecule has 1 aromatic carbocycles. The number of rotatable bonds is 1. The molecule has 1 aliphatic rings. The maximum Gasteiger partial charge on any atom is 0.259 e. The molecule has 0 saturated carbocycles. The highest BCUT2D eigenvalue weighted by Gasteiger charge is 2.30. The third-order valence-corrected chi connectivity index (χ3v) is 5.38. The van der Waals surface area contributed by atoms with E-state index in [-0.39, 0.29) is 5.91 Å². The zero-order chi connectivity index (χ0) is 16.0. The van der Waals surface area contributed by atoms with Crippen molar-refractivity contribution >= 4 is 43.6 Å². The van der Waals surface area contributed by atoms with Gasteiger partial charge in [-0.1, -0.05) is 31.9 Å². The van der Waals surface area contributed by atoms with Crippen LogP contribution in [-0.4, -0.2) is 28.8 Å². The van der Waals surface area contributed by atoms with Crippen LogP contribution in [0.3, 0.4) is 0 Å². The Kier molecular flexibility index (Phi) is 4.03. The molecule has 0 bridgehead atoms. The molecule has 22 heavy (non-hydrogen) atoms. The van der Waals surface area contributed by atoms with Crippen LogP contribution in [0.2, 0.25) is 0 Å². The average molecular weight is 429 g/mol. The number of hydrogen-bond acceptors (Lipinski definition) is 3. The number of amides is 1. The molecule has 1 aliphatic heterocycles. The van der Waals surface area contributed by atoms with Gasteiger partial charge in [0.1, 0.15) is 12.3 Å². The molecule has 0 fully saturated rings. The van der Waals surface area contributed by atoms with Crippen molar-refractivity contribution in [3.8, 4) is 5.75 Å². The van der Waals surface area contributed by atoms with E-state index in [0.717, 1.165) is 20.2 Å². The fourth-order valence-electron chi connectivity index (χ4n) is 2.56. The van der Waals surface area contributed by atoms with Gasteiger partial charge in [-0.15, -0.1) is 0 Å². The molecule has 0 N–H and O–H groups in total. The lowest BCUT2D eigenvalue weighted by molar-refractivity contribution is 0.0974. The predicted molar refractivity (Wildman–Crippen MR) is 91.7 cm³/mol. The molecule has 0 saturated heterocycles. The second kappa shape index (κ2) is 5.70. The SMILES string of the molecule is Cc1nn(C)c2c1OCCN2C(=O)c1cc(Br)c(C)c(Br)c1. The molecule has 1 amide bonds. The van der Waals surface area contributed by atoms with Crippen LogP contribution in [0, 0.1) is 13.8 Å². The minimum atomic E-state index is -0.0612. The summed E-state index contributed by atoms with van der Waals surface area (Å²) >= 11 is 6.99. The van der Waals surface area contributed by atoms with Gasteiger partial charge in [0, 0.05) is 21.6 Å². The van der Waals surface area contributed by atoms with Crippen LogP contribution in [0.4, 0.5) is 5.82 Å². The van der Waals surface area contributed by atoms with Crippen molar-refractivity contribution in [2.75, 3.05) is 18.1 Å². The van der Waals surface area contributed by atoms with E-state index >= 15 is 0 Å². The molecular formula is C15H15Br2N3O2. The van der Waals surface area contributed by atoms with Crippen molar-refractivity contribution in [1.82, 2.24) is 9.78 Å². The van der Waals surface area contributed by atoms with Gasteiger partial charge in [-0.3, -0.25) is 9.69 Å². The van der Waals surface area contributed by atoms with Crippen molar-refractivity contribution in [1.29, 1.82) is 0 Å². The summed E-state index contributed by atoms with van der Waals surface area (Å²) in [5.74, 6) is 1.34. The van der Waals surface area contributed by atoms with Crippen molar-refractivity contribution < 1.29 is 9.53 Å². The number of fused-ring (bicyclic) bond motifs is 1. The minimum Gasteiger partial charge on any atom is -0.486 e. The van der Waals surface area contributed by atoms with E-state index in [2.05, 4.69) is 37.0 Å². The molecule has 0 spiro atoms. The van der Waals surface area contributed by atoms with Gasteiger partial charge in [-0.25, -0.2) is 4.68 Å². The molecule has 0 atom stereocenters. The summed E-state index contributed by atoms with van der Waals surface area (Å²) in [6.07, 6.45) is 0. The third-order valence-electron chi connectivity index (χ3n) is 3.73. The first kappa shape index (κ1) is 15.6. The number of hydrogen-bond donors (Lipinski definition) is 0. The molecule has 7 heteroatoms. The van der Waals surface area contributed by atoms with Crippen LogP contribution in [0.15, 0.2) is 21.1 Å². The Labute approximate surface area is 145 Å². The van der Waals surface area contributed by atoms with E-state index in [1.807, 2.05) is 33.0 Å². The summed E-state index contributed by atoms with van der Waals surface area (Å²) in [7, 11) is 1.82. The number of aromatic nitrogens is 2. The Hall–Kier alpha value is -1.34. The average Bonchev–Trinajstić information content (AvgIpc) is 2.78. The highest BCUT2D eigenvalue weighted by molar-refractivity contribution is 9.11. The standard InChI is InChI=1S/C15H15Br2N3O2/c1-8-11(16)6-10(7-12(8)17)15(21)20-4-5-22-13-9(2)18-19(3)14(13)20/h6-7H,4-5H2,1-3H3. The summed E-state index contributed by atoms with van der Waals surface area (Å²) in [5, 5.41) is 4.35. The smallest absolute Gasteiger partial charge is 0.259 e. The van der Waals surface area contributed by atoms with Crippen molar-refractivity contribution in [2.45, 2.75) is 13.8 Å². The first-order valence-electron chi connectivity index (χ1n) is 6.84. The van der Waals surface area contributed by atoms with Gasteiger partial charge in [-0.2, -0.15) is 5.10 Å². The summed E-state index contributed by atoms with van der Waals surface area (Å²) < 4.78 is 9.16. The van der Waals surface area contributed by atoms with Gasteiger partial charge < -0.3 is 4.74 Å². The molecule has 3 rings (SSSR count). The Balaban J connectivity index is 2.05. The number of benzene rings is 1. The summed E-state index contributed by atoms with van der Waals surface area (Å²) in [5.41, 5.74) is 2.48. The summed E-state index contributed by atoms with van der Waals surface area (Å²) in [6, 6.07) is 3.70. The van der Waals surface area contributed by atoms with E-state index in [1.165, 1.54) is 0 Å². The van der Waals surface area contributed by atoms with E-state index in [0.29, 0.717) is 30.3 Å². The summed E-state index contributed by atoms with van der Waals surface area (Å²) in [6.45, 7) is 4.85. The molecule has 2 aromatic rings. The lowest BCUT2D eigenvalue weighted by Gasteiger charge is -2.28. The zero-order valence-electron chi connectivity index (χ0n) is 12.5. The second-order valence-electron chi connectivity index (χ2n) is 5.23. The molecule has 0 unspecified atom stereocenters. The minimum absolute atomic E-state index is 0.0612. The van der Waals surface area contributed by atoms with Crippen molar-refractivity contribution in [2.24, 2.45) is 7.05 Å². The monoisotopic (exact) mass is 427 g/mol. The second-order valence-corrected chi connectivity index (χ2v) is 6.94.